The van der Waals surface area contributed by atoms with E-state index in [1.54, 1.807) is 6.92 Å². The summed E-state index contributed by atoms with van der Waals surface area (Å²) in [6.07, 6.45) is 2.60. The maximum Gasteiger partial charge on any atom is 0.347 e. The van der Waals surface area contributed by atoms with Gasteiger partial charge in [0, 0.05) is 28.8 Å². The summed E-state index contributed by atoms with van der Waals surface area (Å²) >= 11 is 12.2. The number of phenolic OH excluding ortho intramolecular Hbond substituents is 3. The van der Waals surface area contributed by atoms with Crippen LogP contribution in [0, 0.1) is 27.7 Å². The van der Waals surface area contributed by atoms with E-state index in [9.17, 15) is 29.7 Å². The molecule has 5 rings (SSSR count). The van der Waals surface area contributed by atoms with Gasteiger partial charge in [0.05, 0.1) is 19.2 Å². The minimum atomic E-state index is -0.835. The number of benzene rings is 3. The average molecular weight is 688 g/mol. The molecule has 1 aliphatic heterocycles. The molecule has 0 unspecified atom stereocenters. The molecule has 0 saturated heterocycles. The quantitative estimate of drug-likeness (QED) is 0.109. The fraction of sp³-hybridized carbons (Fsp3) is 0.265. The Kier molecular flexibility index (Phi) is 10.0. The molecule has 0 spiro atoms. The second kappa shape index (κ2) is 13.5. The summed E-state index contributed by atoms with van der Waals surface area (Å²) in [5.74, 6) is -1.83. The summed E-state index contributed by atoms with van der Waals surface area (Å²) in [6.45, 7) is 10.1. The van der Waals surface area contributed by atoms with Gasteiger partial charge in [-0.3, -0.25) is 4.79 Å². The van der Waals surface area contributed by atoms with Crippen molar-refractivity contribution < 1.29 is 48.3 Å². The second-order valence-electron chi connectivity index (χ2n) is 10.9. The first-order chi connectivity index (χ1) is 22.0. The molecule has 1 aliphatic rings. The number of aromatic hydroxyl groups is 3. The highest BCUT2D eigenvalue weighted by atomic mass is 35.5. The van der Waals surface area contributed by atoms with Crippen LogP contribution >= 0.6 is 23.2 Å². The predicted octanol–water partition coefficient (Wildman–Crippen LogP) is 7.77. The fourth-order valence-corrected chi connectivity index (χ4v) is 5.49. The molecule has 0 bridgehead atoms. The van der Waals surface area contributed by atoms with E-state index in [1.165, 1.54) is 47.1 Å². The van der Waals surface area contributed by atoms with Gasteiger partial charge >= 0.3 is 11.9 Å². The molecule has 0 radical (unpaired) electrons. The Balaban J connectivity index is 0.000000223. The van der Waals surface area contributed by atoms with Crippen LogP contribution in [0.3, 0.4) is 0 Å². The van der Waals surface area contributed by atoms with Crippen molar-refractivity contribution in [2.45, 2.75) is 48.0 Å². The molecule has 0 saturated carbocycles. The van der Waals surface area contributed by atoms with E-state index >= 15 is 0 Å². The smallest absolute Gasteiger partial charge is 0.347 e. The molecule has 4 aromatic rings. The summed E-state index contributed by atoms with van der Waals surface area (Å²) in [7, 11) is 2.69. The van der Waals surface area contributed by atoms with E-state index in [1.807, 2.05) is 19.9 Å². The number of carbonyl (C=O) groups is 2. The van der Waals surface area contributed by atoms with Gasteiger partial charge in [0.25, 0.3) is 0 Å². The van der Waals surface area contributed by atoms with Crippen molar-refractivity contribution in [2.24, 2.45) is 0 Å². The molecular formula is C34H32Cl2O11. The van der Waals surface area contributed by atoms with Crippen LogP contribution in [0.5, 0.6) is 40.2 Å². The molecule has 0 fully saturated rings. The van der Waals surface area contributed by atoms with Crippen LogP contribution in [0.2, 0.25) is 10.0 Å². The number of halogens is 2. The zero-order valence-corrected chi connectivity index (χ0v) is 28.3. The SMILES string of the molecule is COC(=O)c1c(C)c2c(c(C)c1O)OC(=O)c1c(C)c(Cl)c(O)c(Cl)c1O2.COc1cc(O)c2c(=O)cc(C)oc2c1CC=C(C)C. The van der Waals surface area contributed by atoms with Crippen LogP contribution in [0.1, 0.15) is 62.6 Å². The van der Waals surface area contributed by atoms with Gasteiger partial charge in [0.2, 0.25) is 0 Å². The molecule has 1 aromatic heterocycles. The zero-order chi connectivity index (χ0) is 35.1. The Morgan fingerprint density at radius 2 is 1.51 bits per heavy atom. The number of esters is 2. The van der Waals surface area contributed by atoms with E-state index in [2.05, 4.69) is 0 Å². The second-order valence-corrected chi connectivity index (χ2v) is 11.7. The van der Waals surface area contributed by atoms with E-state index < -0.39 is 23.4 Å². The molecule has 0 aliphatic carbocycles. The zero-order valence-electron chi connectivity index (χ0n) is 26.8. The number of aryl methyl sites for hydroxylation is 1. The van der Waals surface area contributed by atoms with Gasteiger partial charge in [-0.15, -0.1) is 0 Å². The highest BCUT2D eigenvalue weighted by Crippen LogP contribution is 2.52. The fourth-order valence-electron chi connectivity index (χ4n) is 5.03. The van der Waals surface area contributed by atoms with Crippen LogP contribution in [-0.4, -0.2) is 41.5 Å². The first kappa shape index (κ1) is 35.0. The van der Waals surface area contributed by atoms with Crippen molar-refractivity contribution in [3.05, 3.63) is 83.2 Å². The number of phenols is 3. The van der Waals surface area contributed by atoms with Gasteiger partial charge in [-0.2, -0.15) is 0 Å². The molecule has 2 heterocycles. The number of rotatable bonds is 4. The molecular weight excluding hydrogens is 655 g/mol. The maximum absolute atomic E-state index is 12.7. The lowest BCUT2D eigenvalue weighted by Crippen LogP contribution is -2.11. The number of hydrogen-bond acceptors (Lipinski definition) is 11. The minimum absolute atomic E-state index is 0.0131. The summed E-state index contributed by atoms with van der Waals surface area (Å²) in [6, 6.07) is 2.84. The van der Waals surface area contributed by atoms with Gasteiger partial charge in [0.1, 0.15) is 50.1 Å². The molecule has 3 aromatic carbocycles. The van der Waals surface area contributed by atoms with Crippen LogP contribution < -0.4 is 19.6 Å². The summed E-state index contributed by atoms with van der Waals surface area (Å²) in [4.78, 5) is 36.8. The molecule has 0 amide bonds. The molecule has 3 N–H and O–H groups in total. The van der Waals surface area contributed by atoms with Gasteiger partial charge in [-0.25, -0.2) is 9.59 Å². The average Bonchev–Trinajstić information content (AvgIpc) is 3.17. The highest BCUT2D eigenvalue weighted by molar-refractivity contribution is 6.39. The third-order valence-corrected chi connectivity index (χ3v) is 8.31. The van der Waals surface area contributed by atoms with Crippen molar-refractivity contribution in [3.8, 4) is 40.2 Å². The standard InChI is InChI=1S/C18H14Cl2O7.C16H18O4/c1-5-9-16(11(20)13(22)10(5)19)26-14-6(2)8(17(23)25-4)12(21)7(3)15(14)27-18(9)24;1-9(2)5-6-11-14(19-4)8-13(18)15-12(17)7-10(3)20-16(11)15/h21-22H,1-4H3;5,7-8,18H,6H2,1-4H3. The first-order valence-corrected chi connectivity index (χ1v) is 14.8. The van der Waals surface area contributed by atoms with Gasteiger partial charge in [0.15, 0.2) is 28.4 Å². The van der Waals surface area contributed by atoms with E-state index in [4.69, 9.17) is 46.6 Å². The number of methoxy groups -OCH3 is 2. The van der Waals surface area contributed by atoms with Crippen molar-refractivity contribution >= 4 is 46.1 Å². The largest absolute Gasteiger partial charge is 0.507 e. The Bertz CT molecular complexity index is 2060. The Labute approximate surface area is 279 Å². The molecule has 13 heteroatoms. The van der Waals surface area contributed by atoms with Crippen molar-refractivity contribution in [1.82, 2.24) is 0 Å². The number of allylic oxidation sites excluding steroid dienone is 2. The van der Waals surface area contributed by atoms with Gasteiger partial charge in [-0.05, 0) is 53.5 Å². The van der Waals surface area contributed by atoms with Crippen LogP contribution in [0.15, 0.2) is 33.0 Å². The summed E-state index contributed by atoms with van der Waals surface area (Å²) in [5.41, 5.74) is 2.33. The third-order valence-electron chi connectivity index (χ3n) is 7.49. The normalized spacial score (nSPS) is 11.7. The van der Waals surface area contributed by atoms with Crippen molar-refractivity contribution in [2.75, 3.05) is 14.2 Å². The van der Waals surface area contributed by atoms with Crippen LogP contribution in [0.25, 0.3) is 11.0 Å². The predicted molar refractivity (Wildman–Crippen MR) is 175 cm³/mol. The highest BCUT2D eigenvalue weighted by Gasteiger charge is 2.35. The maximum atomic E-state index is 12.7. The first-order valence-electron chi connectivity index (χ1n) is 14.1. The molecule has 11 nitrogen and oxygen atoms in total. The Hall–Kier alpha value is -4.87. The number of ether oxygens (including phenoxy) is 4. The van der Waals surface area contributed by atoms with E-state index in [0.717, 1.165) is 11.1 Å². The molecule has 47 heavy (non-hydrogen) atoms. The number of hydrogen-bond donors (Lipinski definition) is 3. The van der Waals surface area contributed by atoms with Crippen LogP contribution in [-0.2, 0) is 11.2 Å². The lowest BCUT2D eigenvalue weighted by Gasteiger charge is -2.17. The Morgan fingerprint density at radius 3 is 2.11 bits per heavy atom. The topological polar surface area (TPSA) is 162 Å². The van der Waals surface area contributed by atoms with Crippen molar-refractivity contribution in [3.63, 3.8) is 0 Å². The van der Waals surface area contributed by atoms with Crippen LogP contribution in [0.4, 0.5) is 0 Å². The minimum Gasteiger partial charge on any atom is -0.507 e. The van der Waals surface area contributed by atoms with E-state index in [-0.39, 0.29) is 71.7 Å². The molecule has 0 atom stereocenters. The lowest BCUT2D eigenvalue weighted by atomic mass is 10.0. The Morgan fingerprint density at radius 1 is 0.872 bits per heavy atom. The summed E-state index contributed by atoms with van der Waals surface area (Å²) in [5, 5.41) is 30.3. The number of carbonyl (C=O) groups excluding carboxylic acids is 2. The van der Waals surface area contributed by atoms with Gasteiger partial charge < -0.3 is 38.7 Å². The lowest BCUT2D eigenvalue weighted by molar-refractivity contribution is 0.0595. The van der Waals surface area contributed by atoms with E-state index in [0.29, 0.717) is 23.5 Å². The van der Waals surface area contributed by atoms with Gasteiger partial charge in [-0.1, -0.05) is 34.9 Å². The number of fused-ring (bicyclic) bond motifs is 3. The molecule has 248 valence electrons. The third kappa shape index (κ3) is 6.28. The summed E-state index contributed by atoms with van der Waals surface area (Å²) < 4.78 is 26.9. The van der Waals surface area contributed by atoms with Crippen molar-refractivity contribution in [1.29, 1.82) is 0 Å². The monoisotopic (exact) mass is 686 g/mol.